The number of carbonyl (C=O) groups is 1. The van der Waals surface area contributed by atoms with Gasteiger partial charge in [-0.05, 0) is 81.5 Å². The van der Waals surface area contributed by atoms with E-state index < -0.39 is 0 Å². The number of hydrogen-bond acceptors (Lipinski definition) is 6. The molecule has 1 aliphatic carbocycles. The first-order chi connectivity index (χ1) is 18.2. The average Bonchev–Trinajstić information content (AvgIpc) is 3.28. The Morgan fingerprint density at radius 1 is 1.13 bits per heavy atom. The van der Waals surface area contributed by atoms with Crippen LogP contribution in [0.15, 0.2) is 59.5 Å². The number of alkyl carbamates (subject to hydrolysis) is 1. The van der Waals surface area contributed by atoms with Crippen molar-refractivity contribution in [3.8, 4) is 5.75 Å². The Balaban J connectivity index is 0.000000947. The third-order valence-electron chi connectivity index (χ3n) is 5.34. The van der Waals surface area contributed by atoms with Gasteiger partial charge in [0.05, 0.1) is 0 Å². The lowest BCUT2D eigenvalue weighted by Gasteiger charge is -2.23. The lowest BCUT2D eigenvalue weighted by molar-refractivity contribution is 0.0990. The fourth-order valence-corrected chi connectivity index (χ4v) is 4.91. The summed E-state index contributed by atoms with van der Waals surface area (Å²) in [6, 6.07) is 17.6. The molecule has 38 heavy (non-hydrogen) atoms. The van der Waals surface area contributed by atoms with Crippen molar-refractivity contribution in [2.24, 2.45) is 11.8 Å². The zero-order valence-electron chi connectivity index (χ0n) is 24.7. The minimum absolute atomic E-state index is 0.0868. The van der Waals surface area contributed by atoms with Gasteiger partial charge in [-0.2, -0.15) is 0 Å². The molecule has 3 rings (SSSR count). The molecule has 1 amide bonds. The van der Waals surface area contributed by atoms with Crippen LogP contribution in [0.5, 0.6) is 5.75 Å². The fraction of sp³-hybridized carbons (Fsp3) is 0.581. The molecule has 0 spiro atoms. The molecule has 2 aromatic carbocycles. The van der Waals surface area contributed by atoms with Gasteiger partial charge in [-0.15, -0.1) is 0 Å². The summed E-state index contributed by atoms with van der Waals surface area (Å²) in [4.78, 5) is 12.9. The summed E-state index contributed by atoms with van der Waals surface area (Å²) >= 11 is 1.65. The van der Waals surface area contributed by atoms with Gasteiger partial charge in [0.1, 0.15) is 11.9 Å². The van der Waals surface area contributed by atoms with Crippen LogP contribution in [0.3, 0.4) is 0 Å². The molecule has 7 heteroatoms. The number of amides is 1. The summed E-state index contributed by atoms with van der Waals surface area (Å²) in [6.07, 6.45) is 3.76. The molecule has 6 nitrogen and oxygen atoms in total. The molecule has 2 aromatic rings. The summed E-state index contributed by atoms with van der Waals surface area (Å²) in [5.74, 6) is 1.49. The molecule has 3 N–H and O–H groups in total. The quantitative estimate of drug-likeness (QED) is 0.220. The molecule has 216 valence electrons. The maximum atomic E-state index is 11.9. The SMILES string of the molecule is CC.CC(C)CN(CCCNC(=O)OC1CCC(C)C1)Sc1cccc(O)c1.CCO.Cc1ccccc1. The minimum Gasteiger partial charge on any atom is -0.508 e. The molecule has 0 heterocycles. The summed E-state index contributed by atoms with van der Waals surface area (Å²) in [6.45, 7) is 17.0. The maximum absolute atomic E-state index is 11.9. The monoisotopic (exact) mass is 548 g/mol. The molecule has 0 aliphatic heterocycles. The highest BCUT2D eigenvalue weighted by Gasteiger charge is 2.24. The van der Waals surface area contributed by atoms with Crippen molar-refractivity contribution in [1.82, 2.24) is 9.62 Å². The van der Waals surface area contributed by atoms with Gasteiger partial charge in [0.25, 0.3) is 0 Å². The first-order valence-corrected chi connectivity index (χ1v) is 14.8. The first-order valence-electron chi connectivity index (χ1n) is 14.0. The van der Waals surface area contributed by atoms with Gasteiger partial charge >= 0.3 is 6.09 Å². The van der Waals surface area contributed by atoms with Crippen LogP contribution in [0.1, 0.15) is 72.8 Å². The van der Waals surface area contributed by atoms with Crippen molar-refractivity contribution < 1.29 is 19.7 Å². The number of phenols is 1. The number of aromatic hydroxyl groups is 1. The van der Waals surface area contributed by atoms with Crippen LogP contribution < -0.4 is 5.32 Å². The van der Waals surface area contributed by atoms with Crippen molar-refractivity contribution >= 4 is 18.0 Å². The number of ether oxygens (including phenoxy) is 1. The molecule has 0 radical (unpaired) electrons. The Labute approximate surface area is 236 Å². The lowest BCUT2D eigenvalue weighted by Crippen LogP contribution is -2.31. The molecule has 2 atom stereocenters. The van der Waals surface area contributed by atoms with E-state index in [0.717, 1.165) is 43.7 Å². The number of carbonyl (C=O) groups excluding carboxylic acids is 1. The molecule has 1 fully saturated rings. The van der Waals surface area contributed by atoms with E-state index >= 15 is 0 Å². The van der Waals surface area contributed by atoms with Gasteiger partial charge in [0, 0.05) is 31.1 Å². The van der Waals surface area contributed by atoms with Crippen LogP contribution >= 0.6 is 11.9 Å². The molecule has 1 saturated carbocycles. The number of aliphatic hydroxyl groups is 1. The molecular weight excluding hydrogens is 496 g/mol. The van der Waals surface area contributed by atoms with Crippen LogP contribution in [-0.4, -0.2) is 53.0 Å². The topological polar surface area (TPSA) is 82.0 Å². The second kappa shape index (κ2) is 22.7. The summed E-state index contributed by atoms with van der Waals surface area (Å²) < 4.78 is 7.75. The smallest absolute Gasteiger partial charge is 0.407 e. The van der Waals surface area contributed by atoms with Crippen LogP contribution in [0, 0.1) is 18.8 Å². The normalized spacial score (nSPS) is 15.8. The standard InChI is InChI=1S/C20H32N2O3S.C7H8.C2H6O.C2H6/c1-15(2)14-22(26-19-7-4-6-17(23)13-19)11-5-10-21-20(24)25-18-9-8-16(3)12-18;1-7-5-3-2-4-6-7;1-2-3;1-2/h4,6-7,13,15-16,18,23H,5,8-12,14H2,1-3H3,(H,21,24);2-6H,1H3;3H,2H2,1H3;1-2H3. The van der Waals surface area contributed by atoms with E-state index in [0.29, 0.717) is 18.4 Å². The van der Waals surface area contributed by atoms with E-state index in [9.17, 15) is 9.90 Å². The highest BCUT2D eigenvalue weighted by Crippen LogP contribution is 2.27. The number of phenolic OH excluding ortho intramolecular Hbond substituents is 1. The predicted molar refractivity (Wildman–Crippen MR) is 162 cm³/mol. The molecule has 0 bridgehead atoms. The third-order valence-corrected chi connectivity index (χ3v) is 6.39. The number of benzene rings is 2. The van der Waals surface area contributed by atoms with Gasteiger partial charge < -0.3 is 20.3 Å². The van der Waals surface area contributed by atoms with Crippen LogP contribution in [-0.2, 0) is 4.74 Å². The van der Waals surface area contributed by atoms with Crippen LogP contribution in [0.2, 0.25) is 0 Å². The second-order valence-electron chi connectivity index (χ2n) is 9.57. The Bertz CT molecular complexity index is 836. The second-order valence-corrected chi connectivity index (χ2v) is 10.7. The largest absolute Gasteiger partial charge is 0.508 e. The molecule has 2 unspecified atom stereocenters. The van der Waals surface area contributed by atoms with E-state index in [4.69, 9.17) is 9.84 Å². The summed E-state index contributed by atoms with van der Waals surface area (Å²) in [5.41, 5.74) is 1.32. The maximum Gasteiger partial charge on any atom is 0.407 e. The fourth-order valence-electron chi connectivity index (χ4n) is 3.71. The molecule has 0 aromatic heterocycles. The summed E-state index contributed by atoms with van der Waals surface area (Å²) in [5, 5.41) is 20.1. The third kappa shape index (κ3) is 18.9. The van der Waals surface area contributed by atoms with Crippen LogP contribution in [0.4, 0.5) is 4.79 Å². The number of nitrogens with one attached hydrogen (secondary N) is 1. The number of hydrogen-bond donors (Lipinski definition) is 3. The van der Waals surface area contributed by atoms with Gasteiger partial charge in [-0.25, -0.2) is 9.10 Å². The highest BCUT2D eigenvalue weighted by molar-refractivity contribution is 7.97. The predicted octanol–water partition coefficient (Wildman–Crippen LogP) is 7.68. The summed E-state index contributed by atoms with van der Waals surface area (Å²) in [7, 11) is 0. The van der Waals surface area contributed by atoms with Crippen molar-refractivity contribution in [2.75, 3.05) is 26.2 Å². The van der Waals surface area contributed by atoms with E-state index in [2.05, 4.69) is 49.4 Å². The van der Waals surface area contributed by atoms with Crippen molar-refractivity contribution in [3.63, 3.8) is 0 Å². The van der Waals surface area contributed by atoms with E-state index in [1.54, 1.807) is 31.0 Å². The van der Waals surface area contributed by atoms with Crippen LogP contribution in [0.25, 0.3) is 0 Å². The minimum atomic E-state index is -0.292. The van der Waals surface area contributed by atoms with E-state index in [1.807, 2.05) is 44.2 Å². The zero-order valence-corrected chi connectivity index (χ0v) is 25.5. The Hall–Kier alpha value is -2.22. The highest BCUT2D eigenvalue weighted by atomic mass is 32.2. The Morgan fingerprint density at radius 3 is 2.29 bits per heavy atom. The number of rotatable bonds is 9. The molecule has 0 saturated heterocycles. The van der Waals surface area contributed by atoms with Crippen molar-refractivity contribution in [3.05, 3.63) is 60.2 Å². The van der Waals surface area contributed by atoms with Gasteiger partial charge in [-0.1, -0.05) is 76.6 Å². The van der Waals surface area contributed by atoms with E-state index in [-0.39, 0.29) is 24.6 Å². The number of nitrogens with zero attached hydrogens (tertiary/aromatic N) is 1. The van der Waals surface area contributed by atoms with Crippen molar-refractivity contribution in [1.29, 1.82) is 0 Å². The lowest BCUT2D eigenvalue weighted by atomic mass is 10.1. The Kier molecular flexibility index (Phi) is 21.4. The van der Waals surface area contributed by atoms with Gasteiger partial charge in [0.2, 0.25) is 0 Å². The average molecular weight is 549 g/mol. The van der Waals surface area contributed by atoms with Gasteiger partial charge in [0.15, 0.2) is 0 Å². The van der Waals surface area contributed by atoms with E-state index in [1.165, 1.54) is 5.56 Å². The number of aliphatic hydroxyl groups excluding tert-OH is 1. The first kappa shape index (κ1) is 35.8. The Morgan fingerprint density at radius 2 is 1.79 bits per heavy atom. The number of aryl methyl sites for hydroxylation is 1. The van der Waals surface area contributed by atoms with Crippen molar-refractivity contribution in [2.45, 2.75) is 85.1 Å². The van der Waals surface area contributed by atoms with Gasteiger partial charge in [-0.3, -0.25) is 0 Å². The zero-order chi connectivity index (χ0) is 28.8. The molecule has 1 aliphatic rings. The molecular formula is C31H52N2O4S.